The van der Waals surface area contributed by atoms with E-state index in [0.717, 1.165) is 6.20 Å². The number of aliphatic imine (C=N–C) groups is 1. The second-order valence-corrected chi connectivity index (χ2v) is 7.21. The Morgan fingerprint density at radius 3 is 2.24 bits per heavy atom. The molecule has 1 atom stereocenters. The van der Waals surface area contributed by atoms with E-state index in [0.29, 0.717) is 17.4 Å². The first-order chi connectivity index (χ1) is 15.3. The van der Waals surface area contributed by atoms with Crippen LogP contribution in [0.1, 0.15) is 22.9 Å². The lowest BCUT2D eigenvalue weighted by Gasteiger charge is -2.31. The molecule has 3 aromatic rings. The van der Waals surface area contributed by atoms with E-state index in [1.807, 2.05) is 0 Å². The number of nitrogens with zero attached hydrogens (tertiary/aromatic N) is 2. The third-order valence-electron chi connectivity index (χ3n) is 5.16. The van der Waals surface area contributed by atoms with Gasteiger partial charge in [-0.05, 0) is 35.9 Å². The van der Waals surface area contributed by atoms with E-state index in [9.17, 15) is 36.6 Å². The number of nitrogens with one attached hydrogen (secondary N) is 1. The van der Waals surface area contributed by atoms with Gasteiger partial charge in [0.1, 0.15) is 11.9 Å². The van der Waals surface area contributed by atoms with Gasteiger partial charge in [-0.2, -0.15) is 26.3 Å². The first-order valence-corrected chi connectivity index (χ1v) is 9.34. The van der Waals surface area contributed by atoms with Crippen LogP contribution in [-0.4, -0.2) is 40.4 Å². The zero-order valence-corrected chi connectivity index (χ0v) is 16.7. The number of rotatable bonds is 3. The molecule has 0 saturated carbocycles. The smallest absolute Gasteiger partial charge is 0.447 e. The van der Waals surface area contributed by atoms with Crippen LogP contribution in [-0.2, 0) is 5.79 Å². The molecule has 12 heteroatoms. The normalized spacial score (nSPS) is 16.8. The maximum atomic E-state index is 13.9. The third kappa shape index (κ3) is 3.85. The number of methoxy groups -OCH3 is 1. The molecule has 0 fully saturated rings. The number of hydrogen-bond donors (Lipinski definition) is 3. The average Bonchev–Trinajstić information content (AvgIpc) is 2.76. The molecule has 2 aromatic carbocycles. The summed E-state index contributed by atoms with van der Waals surface area (Å²) in [7, 11) is 1.42. The molecular formula is C21H15F6N3O3. The van der Waals surface area contributed by atoms with Crippen LogP contribution in [0.2, 0.25) is 0 Å². The molecule has 3 N–H and O–H groups in total. The van der Waals surface area contributed by atoms with Crippen molar-refractivity contribution >= 4 is 22.3 Å². The molecule has 1 aliphatic heterocycles. The molecule has 33 heavy (non-hydrogen) atoms. The average molecular weight is 471 g/mol. The lowest BCUT2D eigenvalue weighted by molar-refractivity contribution is -0.357. The van der Waals surface area contributed by atoms with Gasteiger partial charge in [0.2, 0.25) is 0 Å². The van der Waals surface area contributed by atoms with Crippen LogP contribution < -0.4 is 10.1 Å². The summed E-state index contributed by atoms with van der Waals surface area (Å²) in [6, 6.07) is 8.96. The lowest BCUT2D eigenvalue weighted by atomic mass is 9.92. The maximum Gasteiger partial charge on any atom is 0.447 e. The second kappa shape index (κ2) is 7.59. The first kappa shape index (κ1) is 22.8. The summed E-state index contributed by atoms with van der Waals surface area (Å²) in [4.78, 5) is 7.47. The van der Waals surface area contributed by atoms with Gasteiger partial charge in [-0.1, -0.05) is 12.1 Å². The SMILES string of the molecule is COc1ccc(C2N=C(C(F)(F)F)c3cc(C(O)(O)C(F)(F)F)c4ncccc4c3N2)cc1. The minimum atomic E-state index is -5.60. The number of anilines is 1. The quantitative estimate of drug-likeness (QED) is 0.389. The Bertz CT molecular complexity index is 1240. The molecule has 1 aliphatic rings. The van der Waals surface area contributed by atoms with Crippen molar-refractivity contribution in [3.05, 3.63) is 65.4 Å². The van der Waals surface area contributed by atoms with Crippen molar-refractivity contribution in [3.63, 3.8) is 0 Å². The predicted octanol–water partition coefficient (Wildman–Crippen LogP) is 4.42. The maximum absolute atomic E-state index is 13.9. The van der Waals surface area contributed by atoms with Gasteiger partial charge < -0.3 is 20.3 Å². The van der Waals surface area contributed by atoms with E-state index in [-0.39, 0.29) is 11.1 Å². The summed E-state index contributed by atoms with van der Waals surface area (Å²) in [5.74, 6) is -3.98. The molecule has 0 aliphatic carbocycles. The Labute approximate surface area is 182 Å². The minimum absolute atomic E-state index is 0.170. The van der Waals surface area contributed by atoms with Gasteiger partial charge >= 0.3 is 12.4 Å². The van der Waals surface area contributed by atoms with Crippen molar-refractivity contribution in [3.8, 4) is 5.75 Å². The van der Waals surface area contributed by atoms with Crippen LogP contribution in [0.25, 0.3) is 10.9 Å². The molecule has 6 nitrogen and oxygen atoms in total. The van der Waals surface area contributed by atoms with Crippen molar-refractivity contribution in [1.29, 1.82) is 0 Å². The molecular weight excluding hydrogens is 456 g/mol. The number of alkyl halides is 6. The van der Waals surface area contributed by atoms with E-state index >= 15 is 0 Å². The standard InChI is InChI=1S/C21H15F6N3O3/c1-33-11-6-4-10(5-7-11)18-29-15-12-3-2-8-28-16(12)14(19(31,32)21(25,26)27)9-13(15)17(30-18)20(22,23)24/h2-9,18,29,31-32H,1H3. The fourth-order valence-electron chi connectivity index (χ4n) is 3.55. The molecule has 1 unspecified atom stereocenters. The summed E-state index contributed by atoms with van der Waals surface area (Å²) < 4.78 is 86.9. The first-order valence-electron chi connectivity index (χ1n) is 9.34. The fourth-order valence-corrected chi connectivity index (χ4v) is 3.55. The van der Waals surface area contributed by atoms with Crippen LogP contribution in [0.4, 0.5) is 32.0 Å². The molecule has 0 bridgehead atoms. The van der Waals surface area contributed by atoms with E-state index in [1.165, 1.54) is 43.5 Å². The van der Waals surface area contributed by atoms with Crippen LogP contribution in [0.15, 0.2) is 53.7 Å². The number of aromatic nitrogens is 1. The predicted molar refractivity (Wildman–Crippen MR) is 106 cm³/mol. The molecule has 2 heterocycles. The molecule has 0 saturated heterocycles. The van der Waals surface area contributed by atoms with Crippen LogP contribution in [0.3, 0.4) is 0 Å². The van der Waals surface area contributed by atoms with E-state index in [1.54, 1.807) is 0 Å². The van der Waals surface area contributed by atoms with Gasteiger partial charge in [0.25, 0.3) is 5.79 Å². The monoisotopic (exact) mass is 471 g/mol. The van der Waals surface area contributed by atoms with Gasteiger partial charge in [-0.15, -0.1) is 0 Å². The number of halogens is 6. The topological polar surface area (TPSA) is 87.0 Å². The highest BCUT2D eigenvalue weighted by atomic mass is 19.4. The van der Waals surface area contributed by atoms with Crippen molar-refractivity contribution < 1.29 is 41.3 Å². The van der Waals surface area contributed by atoms with Crippen LogP contribution in [0.5, 0.6) is 5.75 Å². The molecule has 0 spiro atoms. The number of pyridine rings is 1. The number of aliphatic hydroxyl groups is 2. The highest BCUT2D eigenvalue weighted by Gasteiger charge is 2.56. The number of hydrogen-bond acceptors (Lipinski definition) is 6. The second-order valence-electron chi connectivity index (χ2n) is 7.21. The van der Waals surface area contributed by atoms with Gasteiger partial charge in [0.15, 0.2) is 5.71 Å². The Hall–Kier alpha value is -3.38. The van der Waals surface area contributed by atoms with E-state index < -0.39 is 46.7 Å². The van der Waals surface area contributed by atoms with Crippen molar-refractivity contribution in [2.75, 3.05) is 12.4 Å². The third-order valence-corrected chi connectivity index (χ3v) is 5.16. The largest absolute Gasteiger partial charge is 0.497 e. The summed E-state index contributed by atoms with van der Waals surface area (Å²) in [5, 5.41) is 22.3. The molecule has 0 amide bonds. The summed E-state index contributed by atoms with van der Waals surface area (Å²) >= 11 is 0. The number of benzene rings is 2. The summed E-state index contributed by atoms with van der Waals surface area (Å²) in [6.45, 7) is 0. The number of fused-ring (bicyclic) bond motifs is 3. The summed E-state index contributed by atoms with van der Waals surface area (Å²) in [6.07, 6.45) is -10.8. The number of ether oxygens (including phenoxy) is 1. The van der Waals surface area contributed by atoms with Crippen molar-refractivity contribution in [2.24, 2.45) is 4.99 Å². The highest BCUT2D eigenvalue weighted by molar-refractivity contribution is 6.15. The lowest BCUT2D eigenvalue weighted by Crippen LogP contribution is -2.43. The molecule has 174 valence electrons. The van der Waals surface area contributed by atoms with Crippen LogP contribution >= 0.6 is 0 Å². The minimum Gasteiger partial charge on any atom is -0.497 e. The van der Waals surface area contributed by atoms with Crippen molar-refractivity contribution in [2.45, 2.75) is 24.3 Å². The summed E-state index contributed by atoms with van der Waals surface area (Å²) in [5.41, 5.74) is -3.86. The van der Waals surface area contributed by atoms with Gasteiger partial charge in [0, 0.05) is 22.7 Å². The molecule has 4 rings (SSSR count). The highest BCUT2D eigenvalue weighted by Crippen LogP contribution is 2.45. The zero-order chi connectivity index (χ0) is 24.2. The fraction of sp³-hybridized carbons (Fsp3) is 0.238. The molecule has 0 radical (unpaired) electrons. The van der Waals surface area contributed by atoms with E-state index in [2.05, 4.69) is 15.3 Å². The molecule has 1 aromatic heterocycles. The Balaban J connectivity index is 1.99. The van der Waals surface area contributed by atoms with Gasteiger partial charge in [-0.25, -0.2) is 0 Å². The van der Waals surface area contributed by atoms with Crippen LogP contribution in [0, 0.1) is 0 Å². The Morgan fingerprint density at radius 1 is 1.00 bits per heavy atom. The van der Waals surface area contributed by atoms with Gasteiger partial charge in [0.05, 0.1) is 18.3 Å². The Morgan fingerprint density at radius 2 is 1.67 bits per heavy atom. The van der Waals surface area contributed by atoms with E-state index in [4.69, 9.17) is 4.74 Å². The van der Waals surface area contributed by atoms with Gasteiger partial charge in [-0.3, -0.25) is 9.98 Å². The van der Waals surface area contributed by atoms with Crippen molar-refractivity contribution in [1.82, 2.24) is 4.98 Å². The Kier molecular flexibility index (Phi) is 5.25. The zero-order valence-electron chi connectivity index (χ0n) is 16.7.